The van der Waals surface area contributed by atoms with Crippen LogP contribution < -0.4 is 10.6 Å². The van der Waals surface area contributed by atoms with Crippen molar-refractivity contribution < 1.29 is 4.79 Å². The average molecular weight is 220 g/mol. The van der Waals surface area contributed by atoms with Crippen LogP contribution in [0, 0.1) is 13.8 Å². The van der Waals surface area contributed by atoms with Gasteiger partial charge >= 0.3 is 0 Å². The van der Waals surface area contributed by atoms with E-state index in [1.165, 1.54) is 11.1 Å². The van der Waals surface area contributed by atoms with Crippen molar-refractivity contribution in [3.63, 3.8) is 0 Å². The zero-order chi connectivity index (χ0) is 12.0. The van der Waals surface area contributed by atoms with Crippen molar-refractivity contribution in [3.05, 3.63) is 29.3 Å². The number of amides is 1. The molecule has 0 fully saturated rings. The second-order valence-electron chi connectivity index (χ2n) is 4.02. The number of nitrogens with one attached hydrogen (secondary N) is 2. The van der Waals surface area contributed by atoms with Crippen LogP contribution in [0.1, 0.15) is 24.5 Å². The fourth-order valence-corrected chi connectivity index (χ4v) is 1.51. The van der Waals surface area contributed by atoms with E-state index < -0.39 is 0 Å². The summed E-state index contributed by atoms with van der Waals surface area (Å²) in [6.07, 6.45) is 0.968. The summed E-state index contributed by atoms with van der Waals surface area (Å²) in [6, 6.07) is 6.16. The van der Waals surface area contributed by atoms with Gasteiger partial charge in [0.2, 0.25) is 5.91 Å². The lowest BCUT2D eigenvalue weighted by Gasteiger charge is -2.10. The van der Waals surface area contributed by atoms with Crippen molar-refractivity contribution in [1.29, 1.82) is 0 Å². The van der Waals surface area contributed by atoms with Crippen molar-refractivity contribution >= 4 is 11.6 Å². The van der Waals surface area contributed by atoms with Crippen molar-refractivity contribution in [1.82, 2.24) is 5.32 Å². The molecule has 0 aliphatic rings. The molecule has 1 amide bonds. The molecule has 0 unspecified atom stereocenters. The maximum absolute atomic E-state index is 11.4. The van der Waals surface area contributed by atoms with Crippen molar-refractivity contribution in [2.75, 3.05) is 18.4 Å². The maximum atomic E-state index is 11.4. The lowest BCUT2D eigenvalue weighted by atomic mass is 10.1. The first-order valence-electron chi connectivity index (χ1n) is 5.71. The van der Waals surface area contributed by atoms with E-state index in [9.17, 15) is 4.79 Å². The Morgan fingerprint density at radius 2 is 2.06 bits per heavy atom. The SMILES string of the molecule is CCCNC(=O)CNc1ccc(C)cc1C. The highest BCUT2D eigenvalue weighted by atomic mass is 16.1. The zero-order valence-corrected chi connectivity index (χ0v) is 10.3. The topological polar surface area (TPSA) is 41.1 Å². The monoisotopic (exact) mass is 220 g/mol. The van der Waals surface area contributed by atoms with Crippen LogP contribution >= 0.6 is 0 Å². The Morgan fingerprint density at radius 3 is 2.69 bits per heavy atom. The van der Waals surface area contributed by atoms with Gasteiger partial charge in [-0.05, 0) is 31.9 Å². The molecule has 2 N–H and O–H groups in total. The van der Waals surface area contributed by atoms with Gasteiger partial charge < -0.3 is 10.6 Å². The van der Waals surface area contributed by atoms with E-state index in [0.717, 1.165) is 18.7 Å². The summed E-state index contributed by atoms with van der Waals surface area (Å²) in [6.45, 7) is 7.22. The van der Waals surface area contributed by atoms with Gasteiger partial charge in [0.05, 0.1) is 6.54 Å². The molecule has 88 valence electrons. The molecular weight excluding hydrogens is 200 g/mol. The van der Waals surface area contributed by atoms with Gasteiger partial charge in [0.1, 0.15) is 0 Å². The molecule has 0 atom stereocenters. The predicted molar refractivity (Wildman–Crippen MR) is 67.7 cm³/mol. The van der Waals surface area contributed by atoms with Crippen LogP contribution in [-0.2, 0) is 4.79 Å². The zero-order valence-electron chi connectivity index (χ0n) is 10.3. The van der Waals surface area contributed by atoms with Crippen LogP contribution in [0.25, 0.3) is 0 Å². The fraction of sp³-hybridized carbons (Fsp3) is 0.462. The first kappa shape index (κ1) is 12.6. The van der Waals surface area contributed by atoms with E-state index in [1.54, 1.807) is 0 Å². The third-order valence-corrected chi connectivity index (χ3v) is 2.39. The Balaban J connectivity index is 2.45. The third kappa shape index (κ3) is 3.93. The van der Waals surface area contributed by atoms with Gasteiger partial charge in [-0.2, -0.15) is 0 Å². The van der Waals surface area contributed by atoms with Crippen LogP contribution in [-0.4, -0.2) is 19.0 Å². The Bertz CT molecular complexity index is 361. The molecule has 1 rings (SSSR count). The highest BCUT2D eigenvalue weighted by molar-refractivity contribution is 5.80. The number of carbonyl (C=O) groups is 1. The molecule has 3 nitrogen and oxygen atoms in total. The number of hydrogen-bond donors (Lipinski definition) is 2. The Labute approximate surface area is 97.2 Å². The minimum absolute atomic E-state index is 0.0434. The Kier molecular flexibility index (Phi) is 4.83. The molecule has 0 aliphatic heterocycles. The minimum atomic E-state index is 0.0434. The summed E-state index contributed by atoms with van der Waals surface area (Å²) in [7, 11) is 0. The lowest BCUT2D eigenvalue weighted by molar-refractivity contribution is -0.119. The summed E-state index contributed by atoms with van der Waals surface area (Å²) in [5.74, 6) is 0.0434. The molecule has 0 aromatic heterocycles. The molecule has 0 bridgehead atoms. The normalized spacial score (nSPS) is 9.94. The first-order chi connectivity index (χ1) is 7.63. The summed E-state index contributed by atoms with van der Waals surface area (Å²) in [5, 5.41) is 5.97. The van der Waals surface area contributed by atoms with E-state index in [-0.39, 0.29) is 5.91 Å². The molecule has 0 saturated heterocycles. The van der Waals surface area contributed by atoms with Gasteiger partial charge in [-0.1, -0.05) is 24.6 Å². The van der Waals surface area contributed by atoms with Crippen LogP contribution in [0.15, 0.2) is 18.2 Å². The summed E-state index contributed by atoms with van der Waals surface area (Å²) >= 11 is 0. The van der Waals surface area contributed by atoms with Gasteiger partial charge in [0.15, 0.2) is 0 Å². The molecule has 0 radical (unpaired) electrons. The van der Waals surface area contributed by atoms with Crippen molar-refractivity contribution in [2.45, 2.75) is 27.2 Å². The third-order valence-electron chi connectivity index (χ3n) is 2.39. The van der Waals surface area contributed by atoms with Gasteiger partial charge in [-0.3, -0.25) is 4.79 Å². The highest BCUT2D eigenvalue weighted by Gasteiger charge is 2.01. The van der Waals surface area contributed by atoms with Crippen LogP contribution in [0.3, 0.4) is 0 Å². The quantitative estimate of drug-likeness (QED) is 0.799. The van der Waals surface area contributed by atoms with Gasteiger partial charge in [-0.25, -0.2) is 0 Å². The molecule has 1 aromatic rings. The Hall–Kier alpha value is -1.51. The first-order valence-corrected chi connectivity index (χ1v) is 5.71. The van der Waals surface area contributed by atoms with E-state index in [2.05, 4.69) is 23.6 Å². The number of anilines is 1. The summed E-state index contributed by atoms with van der Waals surface area (Å²) in [5.41, 5.74) is 3.43. The molecule has 0 saturated carbocycles. The predicted octanol–water partition coefficient (Wildman–Crippen LogP) is 2.24. The molecule has 0 heterocycles. The lowest BCUT2D eigenvalue weighted by Crippen LogP contribution is -2.30. The van der Waals surface area contributed by atoms with E-state index >= 15 is 0 Å². The van der Waals surface area contributed by atoms with Gasteiger partial charge in [-0.15, -0.1) is 0 Å². The standard InChI is InChI=1S/C13H20N2O/c1-4-7-14-13(16)9-15-12-6-5-10(2)8-11(12)3/h5-6,8,15H,4,7,9H2,1-3H3,(H,14,16). The molecular formula is C13H20N2O. The van der Waals surface area contributed by atoms with Gasteiger partial charge in [0, 0.05) is 12.2 Å². The minimum Gasteiger partial charge on any atom is -0.376 e. The van der Waals surface area contributed by atoms with Crippen molar-refractivity contribution in [2.24, 2.45) is 0 Å². The van der Waals surface area contributed by atoms with Crippen LogP contribution in [0.4, 0.5) is 5.69 Å². The van der Waals surface area contributed by atoms with Gasteiger partial charge in [0.25, 0.3) is 0 Å². The second kappa shape index (κ2) is 6.16. The smallest absolute Gasteiger partial charge is 0.239 e. The van der Waals surface area contributed by atoms with Crippen LogP contribution in [0.5, 0.6) is 0 Å². The number of rotatable bonds is 5. The van der Waals surface area contributed by atoms with E-state index in [0.29, 0.717) is 6.54 Å². The molecule has 0 aliphatic carbocycles. The summed E-state index contributed by atoms with van der Waals surface area (Å²) in [4.78, 5) is 11.4. The number of aryl methyl sites for hydroxylation is 2. The highest BCUT2D eigenvalue weighted by Crippen LogP contribution is 2.15. The second-order valence-corrected chi connectivity index (χ2v) is 4.02. The molecule has 0 spiro atoms. The number of hydrogen-bond acceptors (Lipinski definition) is 2. The average Bonchev–Trinajstić information content (AvgIpc) is 2.25. The van der Waals surface area contributed by atoms with E-state index in [4.69, 9.17) is 0 Å². The Morgan fingerprint density at radius 1 is 1.31 bits per heavy atom. The molecule has 1 aromatic carbocycles. The maximum Gasteiger partial charge on any atom is 0.239 e. The number of benzene rings is 1. The van der Waals surface area contributed by atoms with Crippen LogP contribution in [0.2, 0.25) is 0 Å². The van der Waals surface area contributed by atoms with E-state index in [1.807, 2.05) is 26.0 Å². The largest absolute Gasteiger partial charge is 0.376 e. The molecule has 3 heteroatoms. The molecule has 16 heavy (non-hydrogen) atoms. The number of carbonyl (C=O) groups excluding carboxylic acids is 1. The summed E-state index contributed by atoms with van der Waals surface area (Å²) < 4.78 is 0. The van der Waals surface area contributed by atoms with Crippen molar-refractivity contribution in [3.8, 4) is 0 Å². The fourth-order valence-electron chi connectivity index (χ4n) is 1.51.